The Balaban J connectivity index is 1.66. The van der Waals surface area contributed by atoms with E-state index in [4.69, 9.17) is 5.73 Å². The van der Waals surface area contributed by atoms with Crippen LogP contribution in [0.25, 0.3) is 11.2 Å². The van der Waals surface area contributed by atoms with Gasteiger partial charge in [-0.25, -0.2) is 15.0 Å². The molecule has 2 atom stereocenters. The molecule has 7 heteroatoms. The largest absolute Gasteiger partial charge is 0.324 e. The molecule has 3 N–H and O–H groups in total. The van der Waals surface area contributed by atoms with E-state index in [1.165, 1.54) is 6.33 Å². The van der Waals surface area contributed by atoms with E-state index in [1.807, 2.05) is 28.8 Å². The summed E-state index contributed by atoms with van der Waals surface area (Å²) in [6.07, 6.45) is 7.98. The number of nitrogens with two attached hydrogens (primary N) is 1. The second-order valence-corrected chi connectivity index (χ2v) is 5.72. The molecule has 1 aromatic carbocycles. The Hall–Kier alpha value is -3.06. The fourth-order valence-corrected chi connectivity index (χ4v) is 2.87. The van der Waals surface area contributed by atoms with Gasteiger partial charge in [-0.1, -0.05) is 30.4 Å². The highest BCUT2D eigenvalue weighted by Gasteiger charge is 2.21. The SMILES string of the molecule is N[C@@H]1C=C[C@H](n2cnc3c(NC(=O)c4ccccc4)ncnc32)C1. The van der Waals surface area contributed by atoms with Crippen LogP contribution in [0.4, 0.5) is 5.82 Å². The number of hydrogen-bond acceptors (Lipinski definition) is 5. The van der Waals surface area contributed by atoms with E-state index >= 15 is 0 Å². The summed E-state index contributed by atoms with van der Waals surface area (Å²) in [5, 5.41) is 2.81. The lowest BCUT2D eigenvalue weighted by Gasteiger charge is -2.11. The fraction of sp³-hybridized carbons (Fsp3) is 0.176. The summed E-state index contributed by atoms with van der Waals surface area (Å²) in [6.45, 7) is 0. The van der Waals surface area contributed by atoms with E-state index in [1.54, 1.807) is 18.5 Å². The maximum Gasteiger partial charge on any atom is 0.256 e. The Labute approximate surface area is 138 Å². The molecular weight excluding hydrogens is 304 g/mol. The maximum atomic E-state index is 12.3. The molecule has 0 saturated carbocycles. The first-order valence-corrected chi connectivity index (χ1v) is 7.70. The second kappa shape index (κ2) is 5.86. The molecule has 7 nitrogen and oxygen atoms in total. The van der Waals surface area contributed by atoms with E-state index in [-0.39, 0.29) is 18.0 Å². The molecule has 2 heterocycles. The minimum absolute atomic E-state index is 0.0477. The summed E-state index contributed by atoms with van der Waals surface area (Å²) < 4.78 is 1.96. The smallest absolute Gasteiger partial charge is 0.256 e. The predicted octanol–water partition coefficient (Wildman–Crippen LogP) is 1.91. The number of nitrogens with zero attached hydrogens (tertiary/aromatic N) is 4. The number of carbonyl (C=O) groups is 1. The summed E-state index contributed by atoms with van der Waals surface area (Å²) in [5.41, 5.74) is 7.73. The van der Waals surface area contributed by atoms with Gasteiger partial charge in [0.2, 0.25) is 0 Å². The van der Waals surface area contributed by atoms with Crippen molar-refractivity contribution in [3.05, 3.63) is 60.7 Å². The van der Waals surface area contributed by atoms with Crippen LogP contribution < -0.4 is 11.1 Å². The summed E-state index contributed by atoms with van der Waals surface area (Å²) >= 11 is 0. The number of nitrogens with one attached hydrogen (secondary N) is 1. The van der Waals surface area contributed by atoms with Crippen LogP contribution in [0.5, 0.6) is 0 Å². The normalized spacial score (nSPS) is 19.7. The van der Waals surface area contributed by atoms with Crippen molar-refractivity contribution in [3.63, 3.8) is 0 Å². The van der Waals surface area contributed by atoms with Crippen molar-refractivity contribution < 1.29 is 4.79 Å². The van der Waals surface area contributed by atoms with E-state index < -0.39 is 0 Å². The van der Waals surface area contributed by atoms with Gasteiger partial charge in [0.1, 0.15) is 6.33 Å². The number of amides is 1. The molecule has 4 rings (SSSR count). The lowest BCUT2D eigenvalue weighted by atomic mass is 10.2. The molecule has 1 aliphatic carbocycles. The van der Waals surface area contributed by atoms with E-state index in [0.29, 0.717) is 22.5 Å². The van der Waals surface area contributed by atoms with Gasteiger partial charge in [0, 0.05) is 11.6 Å². The van der Waals surface area contributed by atoms with Crippen LogP contribution in [0, 0.1) is 0 Å². The van der Waals surface area contributed by atoms with Gasteiger partial charge in [0.15, 0.2) is 17.0 Å². The number of imidazole rings is 1. The number of benzene rings is 1. The Kier molecular flexibility index (Phi) is 3.55. The molecule has 0 unspecified atom stereocenters. The monoisotopic (exact) mass is 320 g/mol. The van der Waals surface area contributed by atoms with Crippen LogP contribution in [-0.4, -0.2) is 31.5 Å². The minimum Gasteiger partial charge on any atom is -0.324 e. The molecule has 2 aromatic heterocycles. The van der Waals surface area contributed by atoms with Crippen LogP contribution in [-0.2, 0) is 0 Å². The quantitative estimate of drug-likeness (QED) is 0.718. The first kappa shape index (κ1) is 14.5. The molecule has 24 heavy (non-hydrogen) atoms. The number of rotatable bonds is 3. The van der Waals surface area contributed by atoms with Crippen molar-refractivity contribution in [1.29, 1.82) is 0 Å². The average molecular weight is 320 g/mol. The van der Waals surface area contributed by atoms with Gasteiger partial charge in [-0.2, -0.15) is 0 Å². The average Bonchev–Trinajstić information content (AvgIpc) is 3.22. The van der Waals surface area contributed by atoms with Gasteiger partial charge in [-0.15, -0.1) is 0 Å². The van der Waals surface area contributed by atoms with E-state index in [2.05, 4.69) is 26.3 Å². The minimum atomic E-state index is -0.229. The fourth-order valence-electron chi connectivity index (χ4n) is 2.87. The van der Waals surface area contributed by atoms with Gasteiger partial charge >= 0.3 is 0 Å². The zero-order valence-electron chi connectivity index (χ0n) is 12.8. The summed E-state index contributed by atoms with van der Waals surface area (Å²) in [7, 11) is 0. The lowest BCUT2D eigenvalue weighted by Crippen LogP contribution is -2.16. The third-order valence-corrected chi connectivity index (χ3v) is 4.08. The van der Waals surface area contributed by atoms with Crippen molar-refractivity contribution in [2.45, 2.75) is 18.5 Å². The summed E-state index contributed by atoms with van der Waals surface area (Å²) in [5.74, 6) is 0.173. The van der Waals surface area contributed by atoms with E-state index in [0.717, 1.165) is 6.42 Å². The molecule has 0 saturated heterocycles. The van der Waals surface area contributed by atoms with Crippen molar-refractivity contribution >= 4 is 22.9 Å². The topological polar surface area (TPSA) is 98.7 Å². The van der Waals surface area contributed by atoms with Crippen LogP contribution in [0.1, 0.15) is 22.8 Å². The maximum absolute atomic E-state index is 12.3. The van der Waals surface area contributed by atoms with Crippen molar-refractivity contribution in [2.24, 2.45) is 5.73 Å². The van der Waals surface area contributed by atoms with Gasteiger partial charge < -0.3 is 15.6 Å². The number of fused-ring (bicyclic) bond motifs is 1. The van der Waals surface area contributed by atoms with Crippen molar-refractivity contribution in [1.82, 2.24) is 19.5 Å². The van der Waals surface area contributed by atoms with Crippen LogP contribution in [0.15, 0.2) is 55.1 Å². The molecule has 0 aliphatic heterocycles. The molecule has 1 amide bonds. The second-order valence-electron chi connectivity index (χ2n) is 5.72. The lowest BCUT2D eigenvalue weighted by molar-refractivity contribution is 0.102. The molecule has 1 aliphatic rings. The first-order valence-electron chi connectivity index (χ1n) is 7.70. The Morgan fingerprint density at radius 2 is 2.00 bits per heavy atom. The Bertz CT molecular complexity index is 917. The molecule has 0 fully saturated rings. The third-order valence-electron chi connectivity index (χ3n) is 4.08. The molecule has 0 spiro atoms. The number of aromatic nitrogens is 4. The van der Waals surface area contributed by atoms with Crippen LogP contribution in [0.3, 0.4) is 0 Å². The Morgan fingerprint density at radius 1 is 1.17 bits per heavy atom. The highest BCUT2D eigenvalue weighted by atomic mass is 16.1. The van der Waals surface area contributed by atoms with Crippen molar-refractivity contribution in [3.8, 4) is 0 Å². The molecule has 0 bridgehead atoms. The number of hydrogen-bond donors (Lipinski definition) is 2. The standard InChI is InChI=1S/C17H16N6O/c18-12-6-7-13(8-12)23-10-21-14-15(19-9-20-16(14)23)22-17(24)11-4-2-1-3-5-11/h1-7,9-10,12-13H,8,18H2,(H,19,20,22,24)/t12-,13+/m1/s1. The summed E-state index contributed by atoms with van der Waals surface area (Å²) in [4.78, 5) is 25.2. The number of anilines is 1. The third kappa shape index (κ3) is 2.55. The highest BCUT2D eigenvalue weighted by Crippen LogP contribution is 2.27. The van der Waals surface area contributed by atoms with Crippen molar-refractivity contribution in [2.75, 3.05) is 5.32 Å². The van der Waals surface area contributed by atoms with Crippen LogP contribution in [0.2, 0.25) is 0 Å². The van der Waals surface area contributed by atoms with E-state index in [9.17, 15) is 4.79 Å². The molecule has 120 valence electrons. The highest BCUT2D eigenvalue weighted by molar-refractivity contribution is 6.06. The molecular formula is C17H16N6O. The summed E-state index contributed by atoms with van der Waals surface area (Å²) in [6, 6.07) is 9.16. The number of carbonyl (C=O) groups excluding carboxylic acids is 1. The van der Waals surface area contributed by atoms with Gasteiger partial charge in [0.25, 0.3) is 5.91 Å². The zero-order valence-corrected chi connectivity index (χ0v) is 12.8. The first-order chi connectivity index (χ1) is 11.7. The predicted molar refractivity (Wildman–Crippen MR) is 90.5 cm³/mol. The zero-order chi connectivity index (χ0) is 16.5. The number of allylic oxidation sites excluding steroid dienone is 1. The van der Waals surface area contributed by atoms with Gasteiger partial charge in [-0.3, -0.25) is 4.79 Å². The van der Waals surface area contributed by atoms with Gasteiger partial charge in [-0.05, 0) is 18.6 Å². The molecule has 3 aromatic rings. The van der Waals surface area contributed by atoms with Gasteiger partial charge in [0.05, 0.1) is 12.4 Å². The van der Waals surface area contributed by atoms with Crippen LogP contribution >= 0.6 is 0 Å². The molecule has 0 radical (unpaired) electrons. The Morgan fingerprint density at radius 3 is 2.75 bits per heavy atom.